The summed E-state index contributed by atoms with van der Waals surface area (Å²) in [5.74, 6) is -3.57. The number of alkyl halides is 3. The molecule has 2 aromatic rings. The summed E-state index contributed by atoms with van der Waals surface area (Å²) >= 11 is 0. The maximum Gasteiger partial charge on any atom is 0.415 e. The molecule has 2 amide bonds. The fourth-order valence-corrected chi connectivity index (χ4v) is 3.76. The lowest BCUT2D eigenvalue weighted by Gasteiger charge is -2.18. The molecule has 1 heterocycles. The largest absolute Gasteiger partial charge is 0.415 e. The highest BCUT2D eigenvalue weighted by atomic mass is 32.2. The zero-order chi connectivity index (χ0) is 25.0. The number of hydrogen-bond donors (Lipinski definition) is 2. The Morgan fingerprint density at radius 1 is 1.27 bits per heavy atom. The third-order valence-corrected chi connectivity index (χ3v) is 5.88. The fraction of sp³-hybridized carbons (Fsp3) is 0.444. The van der Waals surface area contributed by atoms with E-state index < -0.39 is 56.8 Å². The number of amides is 2. The monoisotopic (exact) mass is 495 g/mol. The number of ether oxygens (including phenoxy) is 1. The smallest absolute Gasteiger partial charge is 0.371 e. The number of carbonyl (C=O) groups is 2. The second-order valence-electron chi connectivity index (χ2n) is 6.76. The van der Waals surface area contributed by atoms with Gasteiger partial charge in [-0.1, -0.05) is 5.21 Å². The number of aromatic nitrogens is 3. The van der Waals surface area contributed by atoms with Crippen LogP contribution in [0.2, 0.25) is 0 Å². The number of sulfonamides is 1. The highest BCUT2D eigenvalue weighted by Gasteiger charge is 2.41. The minimum Gasteiger partial charge on any atom is -0.371 e. The summed E-state index contributed by atoms with van der Waals surface area (Å²) < 4.78 is 84.1. The van der Waals surface area contributed by atoms with Gasteiger partial charge in [-0.15, -0.1) is 5.10 Å². The van der Waals surface area contributed by atoms with Gasteiger partial charge in [-0.25, -0.2) is 22.2 Å². The molecule has 0 saturated heterocycles. The Morgan fingerprint density at radius 3 is 2.48 bits per heavy atom. The number of aryl methyl sites for hydroxylation is 2. The third-order valence-electron chi connectivity index (χ3n) is 4.51. The molecule has 0 aliphatic rings. The van der Waals surface area contributed by atoms with Crippen LogP contribution in [0.25, 0.3) is 0 Å². The summed E-state index contributed by atoms with van der Waals surface area (Å²) in [5.41, 5.74) is 0.683. The number of hydrogen-bond acceptors (Lipinski definition) is 7. The Morgan fingerprint density at radius 2 is 1.94 bits per heavy atom. The molecule has 0 bridgehead atoms. The van der Waals surface area contributed by atoms with Crippen LogP contribution >= 0.6 is 0 Å². The summed E-state index contributed by atoms with van der Waals surface area (Å²) in [6.07, 6.45) is -8.72. The molecule has 0 radical (unpaired) electrons. The third kappa shape index (κ3) is 6.47. The van der Waals surface area contributed by atoms with Crippen LogP contribution in [0.15, 0.2) is 23.1 Å². The molecule has 0 spiro atoms. The molecular weight excluding hydrogens is 474 g/mol. The van der Waals surface area contributed by atoms with Crippen molar-refractivity contribution in [2.24, 2.45) is 0 Å². The molecule has 1 aromatic heterocycles. The van der Waals surface area contributed by atoms with E-state index >= 15 is 0 Å². The van der Waals surface area contributed by atoms with Crippen molar-refractivity contribution in [2.45, 2.75) is 50.5 Å². The summed E-state index contributed by atoms with van der Waals surface area (Å²) in [4.78, 5) is 23.3. The Labute approximate surface area is 186 Å². The summed E-state index contributed by atoms with van der Waals surface area (Å²) in [6, 6.07) is 2.19. The van der Waals surface area contributed by atoms with E-state index in [1.165, 1.54) is 9.40 Å². The highest BCUT2D eigenvalue weighted by molar-refractivity contribution is 7.90. The van der Waals surface area contributed by atoms with E-state index in [-0.39, 0.29) is 6.54 Å². The first kappa shape index (κ1) is 26.2. The average molecular weight is 495 g/mol. The number of carbonyl (C=O) groups excluding carboxylic acids is 2. The van der Waals surface area contributed by atoms with Gasteiger partial charge < -0.3 is 10.1 Å². The van der Waals surface area contributed by atoms with Crippen LogP contribution in [-0.4, -0.2) is 54.6 Å². The first-order chi connectivity index (χ1) is 15.3. The molecule has 2 rings (SSSR count). The lowest BCUT2D eigenvalue weighted by molar-refractivity contribution is -0.214. The van der Waals surface area contributed by atoms with Gasteiger partial charge in [-0.3, -0.25) is 9.59 Å². The number of halogens is 4. The zero-order valence-corrected chi connectivity index (χ0v) is 18.6. The topological polar surface area (TPSA) is 132 Å². The van der Waals surface area contributed by atoms with Gasteiger partial charge in [0.2, 0.25) is 5.91 Å². The molecule has 182 valence electrons. The molecule has 0 fully saturated rings. The van der Waals surface area contributed by atoms with Crippen LogP contribution in [0.5, 0.6) is 0 Å². The standard InChI is InChI=1S/C18H21F4N5O5S/c1-4-27-14(10(2)24-26-27)9-23-17(29)12-6-5-11(7-13(12)19)33(30,31)25-16(28)8-15(32-3)18(20,21)22/h5-7,15H,4,8-9H2,1-3H3,(H,23,29)(H,25,28). The van der Waals surface area contributed by atoms with Crippen LogP contribution in [0.4, 0.5) is 17.6 Å². The molecule has 0 aliphatic carbocycles. The molecule has 1 atom stereocenters. The fourth-order valence-electron chi connectivity index (χ4n) is 2.75. The van der Waals surface area contributed by atoms with Crippen molar-refractivity contribution < 1.29 is 40.3 Å². The minimum absolute atomic E-state index is 0.0130. The van der Waals surface area contributed by atoms with Crippen molar-refractivity contribution in [3.63, 3.8) is 0 Å². The molecule has 1 aromatic carbocycles. The van der Waals surface area contributed by atoms with Crippen LogP contribution in [-0.2, 0) is 32.6 Å². The molecule has 10 nitrogen and oxygen atoms in total. The molecule has 15 heteroatoms. The lowest BCUT2D eigenvalue weighted by atomic mass is 10.2. The van der Waals surface area contributed by atoms with Crippen LogP contribution in [0.3, 0.4) is 0 Å². The van der Waals surface area contributed by atoms with Crippen molar-refractivity contribution in [2.75, 3.05) is 7.11 Å². The van der Waals surface area contributed by atoms with Crippen LogP contribution in [0.1, 0.15) is 35.1 Å². The number of rotatable bonds is 9. The lowest BCUT2D eigenvalue weighted by Crippen LogP contribution is -2.39. The van der Waals surface area contributed by atoms with Crippen LogP contribution in [0, 0.1) is 12.7 Å². The molecule has 0 saturated carbocycles. The second kappa shape index (κ2) is 10.2. The first-order valence-corrected chi connectivity index (χ1v) is 10.9. The van der Waals surface area contributed by atoms with E-state index in [0.717, 1.165) is 12.1 Å². The maximum atomic E-state index is 14.4. The summed E-state index contributed by atoms with van der Waals surface area (Å²) in [6.45, 7) is 3.97. The van der Waals surface area contributed by atoms with E-state index in [9.17, 15) is 35.6 Å². The maximum absolute atomic E-state index is 14.4. The molecule has 33 heavy (non-hydrogen) atoms. The predicted octanol–water partition coefficient (Wildman–Crippen LogP) is 1.45. The molecule has 0 aliphatic heterocycles. The Kier molecular flexibility index (Phi) is 8.13. The van der Waals surface area contributed by atoms with Crippen molar-refractivity contribution >= 4 is 21.8 Å². The number of nitrogens with one attached hydrogen (secondary N) is 2. The van der Waals surface area contributed by atoms with E-state index in [0.29, 0.717) is 31.1 Å². The molecular formula is C18H21F4N5O5S. The van der Waals surface area contributed by atoms with Gasteiger partial charge in [0.05, 0.1) is 34.8 Å². The van der Waals surface area contributed by atoms with Gasteiger partial charge in [-0.2, -0.15) is 13.2 Å². The number of nitrogens with zero attached hydrogens (tertiary/aromatic N) is 3. The zero-order valence-electron chi connectivity index (χ0n) is 17.7. The highest BCUT2D eigenvalue weighted by Crippen LogP contribution is 2.25. The van der Waals surface area contributed by atoms with Gasteiger partial charge in [0.25, 0.3) is 15.9 Å². The summed E-state index contributed by atoms with van der Waals surface area (Å²) in [5, 5.41) is 10.2. The second-order valence-corrected chi connectivity index (χ2v) is 8.44. The van der Waals surface area contributed by atoms with E-state index in [2.05, 4.69) is 20.4 Å². The van der Waals surface area contributed by atoms with Gasteiger partial charge in [-0.05, 0) is 32.0 Å². The predicted molar refractivity (Wildman–Crippen MR) is 105 cm³/mol. The van der Waals surface area contributed by atoms with Gasteiger partial charge in [0, 0.05) is 13.7 Å². The van der Waals surface area contributed by atoms with Gasteiger partial charge in [0.1, 0.15) is 5.82 Å². The average Bonchev–Trinajstić information content (AvgIpc) is 3.08. The van der Waals surface area contributed by atoms with Crippen molar-refractivity contribution in [1.29, 1.82) is 0 Å². The Hall–Kier alpha value is -3.07. The molecule has 1 unspecified atom stereocenters. The Bertz CT molecular complexity index is 1130. The van der Waals surface area contributed by atoms with E-state index in [4.69, 9.17) is 0 Å². The Balaban J connectivity index is 2.11. The SMILES string of the molecule is CCn1nnc(C)c1CNC(=O)c1ccc(S(=O)(=O)NC(=O)CC(OC)C(F)(F)F)cc1F. The summed E-state index contributed by atoms with van der Waals surface area (Å²) in [7, 11) is -3.98. The van der Waals surface area contributed by atoms with E-state index in [1.807, 2.05) is 6.92 Å². The van der Waals surface area contributed by atoms with Crippen molar-refractivity contribution in [1.82, 2.24) is 25.0 Å². The van der Waals surface area contributed by atoms with Crippen molar-refractivity contribution in [3.8, 4) is 0 Å². The normalized spacial score (nSPS) is 12.9. The van der Waals surface area contributed by atoms with Gasteiger partial charge in [0.15, 0.2) is 6.10 Å². The van der Waals surface area contributed by atoms with E-state index in [1.54, 1.807) is 6.92 Å². The van der Waals surface area contributed by atoms with Gasteiger partial charge >= 0.3 is 6.18 Å². The van der Waals surface area contributed by atoms with Crippen LogP contribution < -0.4 is 10.0 Å². The number of methoxy groups -OCH3 is 1. The van der Waals surface area contributed by atoms with Crippen molar-refractivity contribution in [3.05, 3.63) is 41.0 Å². The quantitative estimate of drug-likeness (QED) is 0.503. The number of benzene rings is 1. The molecule has 2 N–H and O–H groups in total. The minimum atomic E-state index is -4.89. The first-order valence-electron chi connectivity index (χ1n) is 9.42.